The summed E-state index contributed by atoms with van der Waals surface area (Å²) in [6.45, 7) is 4.26. The van der Waals surface area contributed by atoms with Crippen LogP contribution >= 0.6 is 0 Å². The summed E-state index contributed by atoms with van der Waals surface area (Å²) in [6.07, 6.45) is 2.63. The normalized spacial score (nSPS) is 14.4. The van der Waals surface area contributed by atoms with Crippen molar-refractivity contribution in [3.8, 4) is 0 Å². The minimum atomic E-state index is -0.546. The molecule has 0 aromatic heterocycles. The maximum atomic E-state index is 11.0. The molecule has 0 fully saturated rings. The number of hydrogen-bond acceptors (Lipinski definition) is 2. The van der Waals surface area contributed by atoms with Crippen molar-refractivity contribution in [2.75, 3.05) is 0 Å². The summed E-state index contributed by atoms with van der Waals surface area (Å²) in [5.74, 6) is 0.561. The van der Waals surface area contributed by atoms with Gasteiger partial charge in [-0.2, -0.15) is 0 Å². The molecule has 2 unspecified atom stereocenters. The van der Waals surface area contributed by atoms with Crippen LogP contribution < -0.4 is 0 Å². The van der Waals surface area contributed by atoms with E-state index in [1.807, 2.05) is 30.3 Å². The summed E-state index contributed by atoms with van der Waals surface area (Å²) in [4.78, 5) is 10.8. The molecule has 0 aliphatic rings. The Bertz CT molecular complexity index is 324. The van der Waals surface area contributed by atoms with Gasteiger partial charge in [0, 0.05) is 16.9 Å². The highest BCUT2D eigenvalue weighted by Crippen LogP contribution is 2.24. The van der Waals surface area contributed by atoms with Gasteiger partial charge < -0.3 is 0 Å². The van der Waals surface area contributed by atoms with Crippen LogP contribution in [0.4, 0.5) is 0 Å². The second-order valence-corrected chi connectivity index (χ2v) is 4.30. The predicted molar refractivity (Wildman–Crippen MR) is 64.9 cm³/mol. The molecule has 0 saturated heterocycles. The lowest BCUT2D eigenvalue weighted by atomic mass is 9.96. The highest BCUT2D eigenvalue weighted by Gasteiger charge is 2.22. The summed E-state index contributed by atoms with van der Waals surface area (Å²) in [7, 11) is 0. The first kappa shape index (κ1) is 12.7. The maximum absolute atomic E-state index is 11.0. The van der Waals surface area contributed by atoms with Crippen LogP contribution in [0.5, 0.6) is 0 Å². The molecular weight excluding hydrogens is 202 g/mol. The first-order valence-corrected chi connectivity index (χ1v) is 5.83. The highest BCUT2D eigenvalue weighted by molar-refractivity contribution is 5.17. The minimum Gasteiger partial charge on any atom is -0.264 e. The SMILES string of the molecule is CCC(C)CCC(c1ccccc1)[N+](=O)[O-]. The van der Waals surface area contributed by atoms with Crippen molar-refractivity contribution in [1.29, 1.82) is 0 Å². The van der Waals surface area contributed by atoms with Gasteiger partial charge in [-0.15, -0.1) is 0 Å². The molecule has 3 nitrogen and oxygen atoms in total. The zero-order valence-corrected chi connectivity index (χ0v) is 9.93. The van der Waals surface area contributed by atoms with Gasteiger partial charge in [-0.25, -0.2) is 0 Å². The van der Waals surface area contributed by atoms with Crippen LogP contribution in [0.3, 0.4) is 0 Å². The van der Waals surface area contributed by atoms with Gasteiger partial charge in [0.15, 0.2) is 0 Å². The van der Waals surface area contributed by atoms with Crippen LogP contribution in [0.2, 0.25) is 0 Å². The van der Waals surface area contributed by atoms with Crippen molar-refractivity contribution in [1.82, 2.24) is 0 Å². The third kappa shape index (κ3) is 3.65. The molecule has 0 aliphatic carbocycles. The third-order valence-electron chi connectivity index (χ3n) is 3.07. The Morgan fingerprint density at radius 1 is 1.25 bits per heavy atom. The molecule has 2 atom stereocenters. The van der Waals surface area contributed by atoms with E-state index >= 15 is 0 Å². The van der Waals surface area contributed by atoms with Crippen LogP contribution in [0, 0.1) is 16.0 Å². The average molecular weight is 221 g/mol. The monoisotopic (exact) mass is 221 g/mol. The lowest BCUT2D eigenvalue weighted by Crippen LogP contribution is -2.11. The van der Waals surface area contributed by atoms with Gasteiger partial charge in [-0.1, -0.05) is 50.6 Å². The zero-order valence-electron chi connectivity index (χ0n) is 9.93. The number of hydrogen-bond donors (Lipinski definition) is 0. The molecule has 1 aromatic carbocycles. The molecule has 0 radical (unpaired) electrons. The summed E-state index contributed by atoms with van der Waals surface area (Å²) >= 11 is 0. The second-order valence-electron chi connectivity index (χ2n) is 4.30. The molecule has 0 heterocycles. The molecule has 1 rings (SSSR count). The van der Waals surface area contributed by atoms with Crippen molar-refractivity contribution in [3.05, 3.63) is 46.0 Å². The van der Waals surface area contributed by atoms with Gasteiger partial charge in [-0.3, -0.25) is 10.1 Å². The molecule has 16 heavy (non-hydrogen) atoms. The Balaban J connectivity index is 2.66. The summed E-state index contributed by atoms with van der Waals surface area (Å²) in [5.41, 5.74) is 0.816. The van der Waals surface area contributed by atoms with E-state index in [1.165, 1.54) is 0 Å². The molecule has 0 aliphatic heterocycles. The number of rotatable bonds is 6. The molecule has 0 amide bonds. The van der Waals surface area contributed by atoms with E-state index in [9.17, 15) is 10.1 Å². The van der Waals surface area contributed by atoms with Crippen molar-refractivity contribution >= 4 is 0 Å². The Labute approximate surface area is 96.6 Å². The second kappa shape index (κ2) is 6.26. The number of nitrogens with zero attached hydrogens (tertiary/aromatic N) is 1. The van der Waals surface area contributed by atoms with Crippen molar-refractivity contribution in [2.24, 2.45) is 5.92 Å². The van der Waals surface area contributed by atoms with Crippen LogP contribution in [0.25, 0.3) is 0 Å². The van der Waals surface area contributed by atoms with E-state index in [0.717, 1.165) is 18.4 Å². The number of benzene rings is 1. The Morgan fingerprint density at radius 2 is 1.88 bits per heavy atom. The topological polar surface area (TPSA) is 43.1 Å². The molecule has 0 bridgehead atoms. The highest BCUT2D eigenvalue weighted by atomic mass is 16.6. The fraction of sp³-hybridized carbons (Fsp3) is 0.538. The standard InChI is InChI=1S/C13H19NO2/c1-3-11(2)9-10-13(14(15)16)12-7-5-4-6-8-12/h4-8,11,13H,3,9-10H2,1-2H3. The number of nitro groups is 1. The summed E-state index contributed by atoms with van der Waals surface area (Å²) in [5, 5.41) is 11.0. The molecule has 1 aromatic rings. The van der Waals surface area contributed by atoms with Crippen LogP contribution in [-0.2, 0) is 0 Å². The van der Waals surface area contributed by atoms with Gasteiger partial charge in [-0.05, 0) is 12.3 Å². The average Bonchev–Trinajstić information content (AvgIpc) is 2.30. The predicted octanol–water partition coefficient (Wildman–Crippen LogP) is 3.83. The van der Waals surface area contributed by atoms with E-state index in [-0.39, 0.29) is 4.92 Å². The summed E-state index contributed by atoms with van der Waals surface area (Å²) < 4.78 is 0. The van der Waals surface area contributed by atoms with Gasteiger partial charge in [0.2, 0.25) is 6.04 Å². The van der Waals surface area contributed by atoms with Gasteiger partial charge in [0.05, 0.1) is 0 Å². The Morgan fingerprint density at radius 3 is 2.38 bits per heavy atom. The molecule has 0 spiro atoms. The molecular formula is C13H19NO2. The molecule has 3 heteroatoms. The van der Waals surface area contributed by atoms with Crippen LogP contribution in [0.1, 0.15) is 44.7 Å². The smallest absolute Gasteiger partial charge is 0.238 e. The van der Waals surface area contributed by atoms with Gasteiger partial charge >= 0.3 is 0 Å². The zero-order chi connectivity index (χ0) is 12.0. The Kier molecular flexibility index (Phi) is 4.96. The first-order chi connectivity index (χ1) is 7.65. The molecule has 0 saturated carbocycles. The van der Waals surface area contributed by atoms with E-state index in [0.29, 0.717) is 12.3 Å². The quantitative estimate of drug-likeness (QED) is 0.541. The van der Waals surface area contributed by atoms with E-state index in [2.05, 4.69) is 13.8 Å². The minimum absolute atomic E-state index is 0.169. The van der Waals surface area contributed by atoms with Crippen molar-refractivity contribution in [3.63, 3.8) is 0 Å². The van der Waals surface area contributed by atoms with Gasteiger partial charge in [0.1, 0.15) is 0 Å². The van der Waals surface area contributed by atoms with E-state index < -0.39 is 6.04 Å². The van der Waals surface area contributed by atoms with E-state index in [4.69, 9.17) is 0 Å². The maximum Gasteiger partial charge on any atom is 0.238 e. The molecule has 0 N–H and O–H groups in total. The summed E-state index contributed by atoms with van der Waals surface area (Å²) in [6, 6.07) is 8.73. The first-order valence-electron chi connectivity index (χ1n) is 5.83. The van der Waals surface area contributed by atoms with Crippen molar-refractivity contribution in [2.45, 2.75) is 39.2 Å². The lowest BCUT2D eigenvalue weighted by molar-refractivity contribution is -0.530. The van der Waals surface area contributed by atoms with Crippen molar-refractivity contribution < 1.29 is 4.92 Å². The largest absolute Gasteiger partial charge is 0.264 e. The van der Waals surface area contributed by atoms with Crippen LogP contribution in [-0.4, -0.2) is 4.92 Å². The molecule has 88 valence electrons. The van der Waals surface area contributed by atoms with E-state index in [1.54, 1.807) is 0 Å². The van der Waals surface area contributed by atoms with Crippen LogP contribution in [0.15, 0.2) is 30.3 Å². The fourth-order valence-corrected chi connectivity index (χ4v) is 1.72. The van der Waals surface area contributed by atoms with Gasteiger partial charge in [0.25, 0.3) is 0 Å². The fourth-order valence-electron chi connectivity index (χ4n) is 1.72. The Hall–Kier alpha value is -1.38. The lowest BCUT2D eigenvalue weighted by Gasteiger charge is -2.12. The third-order valence-corrected chi connectivity index (χ3v) is 3.07.